The summed E-state index contributed by atoms with van der Waals surface area (Å²) >= 11 is 0. The number of ether oxygens (including phenoxy) is 4. The smallest absolute Gasteiger partial charge is 0.161 e. The van der Waals surface area contributed by atoms with Crippen LogP contribution in [-0.4, -0.2) is 26.4 Å². The highest BCUT2D eigenvalue weighted by Crippen LogP contribution is 2.50. The van der Waals surface area contributed by atoms with E-state index in [2.05, 4.69) is 13.8 Å². The van der Waals surface area contributed by atoms with E-state index in [1.54, 1.807) is 27.4 Å². The Kier molecular flexibility index (Phi) is 5.28. The predicted molar refractivity (Wildman–Crippen MR) is 99.1 cm³/mol. The molecule has 1 aliphatic rings. The first kappa shape index (κ1) is 18.4. The Labute approximate surface area is 154 Å². The molecule has 1 aliphatic heterocycles. The molecule has 0 radical (unpaired) electrons. The van der Waals surface area contributed by atoms with E-state index in [-0.39, 0.29) is 18.0 Å². The van der Waals surface area contributed by atoms with E-state index in [0.29, 0.717) is 29.1 Å². The third-order valence-corrected chi connectivity index (χ3v) is 5.35. The summed E-state index contributed by atoms with van der Waals surface area (Å²) in [7, 11) is 4.81. The molecule has 0 amide bonds. The molecule has 0 aromatic heterocycles. The number of hydrogen-bond acceptors (Lipinski definition) is 5. The van der Waals surface area contributed by atoms with Gasteiger partial charge in [-0.25, -0.2) is 0 Å². The largest absolute Gasteiger partial charge is 0.504 e. The van der Waals surface area contributed by atoms with Gasteiger partial charge in [0.05, 0.1) is 33.5 Å². The SMILES string of the molecule is COc1cc([C@H]2O[C@H](c3ccc(OC)c(OC)c3)[C@@H](C)[C@H]2C)ccc1O. The van der Waals surface area contributed by atoms with Crippen molar-refractivity contribution in [1.29, 1.82) is 0 Å². The van der Waals surface area contributed by atoms with Crippen LogP contribution in [0.5, 0.6) is 23.0 Å². The Balaban J connectivity index is 1.90. The standard InChI is InChI=1S/C21H26O5/c1-12-13(2)21(15-7-9-17(23-3)19(11-15)25-5)26-20(12)14-6-8-16(22)18(10-14)24-4/h6-13,20-22H,1-5H3/t12-,13+,20+,21+/m1/s1. The Morgan fingerprint density at radius 3 is 1.77 bits per heavy atom. The molecule has 1 N–H and O–H groups in total. The van der Waals surface area contributed by atoms with Crippen LogP contribution in [-0.2, 0) is 4.74 Å². The van der Waals surface area contributed by atoms with Gasteiger partial charge in [-0.05, 0) is 47.2 Å². The van der Waals surface area contributed by atoms with E-state index in [4.69, 9.17) is 18.9 Å². The molecule has 2 aromatic carbocycles. The molecule has 1 saturated heterocycles. The second-order valence-electron chi connectivity index (χ2n) is 6.74. The third kappa shape index (κ3) is 3.19. The Hall–Kier alpha value is -2.40. The lowest BCUT2D eigenvalue weighted by molar-refractivity contribution is 0.0288. The molecule has 0 saturated carbocycles. The van der Waals surface area contributed by atoms with E-state index in [1.165, 1.54) is 0 Å². The van der Waals surface area contributed by atoms with Gasteiger partial charge in [-0.2, -0.15) is 0 Å². The zero-order valence-corrected chi connectivity index (χ0v) is 15.9. The lowest BCUT2D eigenvalue weighted by Gasteiger charge is -2.18. The van der Waals surface area contributed by atoms with Crippen molar-refractivity contribution in [3.05, 3.63) is 47.5 Å². The van der Waals surface area contributed by atoms with Crippen molar-refractivity contribution >= 4 is 0 Å². The van der Waals surface area contributed by atoms with Crippen molar-refractivity contribution in [3.63, 3.8) is 0 Å². The Morgan fingerprint density at radius 1 is 0.731 bits per heavy atom. The molecular weight excluding hydrogens is 332 g/mol. The first-order valence-corrected chi connectivity index (χ1v) is 8.74. The maximum absolute atomic E-state index is 9.84. The van der Waals surface area contributed by atoms with Crippen molar-refractivity contribution in [1.82, 2.24) is 0 Å². The minimum Gasteiger partial charge on any atom is -0.504 e. The zero-order valence-electron chi connectivity index (χ0n) is 15.9. The molecule has 140 valence electrons. The summed E-state index contributed by atoms with van der Waals surface area (Å²) in [6, 6.07) is 11.3. The summed E-state index contributed by atoms with van der Waals surface area (Å²) in [5.41, 5.74) is 2.07. The fourth-order valence-electron chi connectivity index (χ4n) is 3.62. The molecule has 3 rings (SSSR count). The summed E-state index contributed by atoms with van der Waals surface area (Å²) in [6.07, 6.45) is -0.118. The number of methoxy groups -OCH3 is 3. The van der Waals surface area contributed by atoms with Crippen LogP contribution >= 0.6 is 0 Å². The van der Waals surface area contributed by atoms with Crippen LogP contribution in [0.15, 0.2) is 36.4 Å². The van der Waals surface area contributed by atoms with E-state index < -0.39 is 0 Å². The highest BCUT2D eigenvalue weighted by atomic mass is 16.5. The van der Waals surface area contributed by atoms with E-state index in [9.17, 15) is 5.11 Å². The molecule has 5 nitrogen and oxygen atoms in total. The maximum atomic E-state index is 9.84. The number of rotatable bonds is 5. The van der Waals surface area contributed by atoms with Crippen molar-refractivity contribution < 1.29 is 24.1 Å². The van der Waals surface area contributed by atoms with Crippen LogP contribution in [0, 0.1) is 11.8 Å². The monoisotopic (exact) mass is 358 g/mol. The Bertz CT molecular complexity index is 773. The van der Waals surface area contributed by atoms with Gasteiger partial charge in [0.2, 0.25) is 0 Å². The molecule has 5 heteroatoms. The minimum atomic E-state index is -0.0717. The topological polar surface area (TPSA) is 57.2 Å². The lowest BCUT2D eigenvalue weighted by atomic mass is 9.85. The van der Waals surface area contributed by atoms with Crippen molar-refractivity contribution in [2.75, 3.05) is 21.3 Å². The van der Waals surface area contributed by atoms with Crippen molar-refractivity contribution in [2.45, 2.75) is 26.1 Å². The van der Waals surface area contributed by atoms with Crippen LogP contribution in [0.3, 0.4) is 0 Å². The van der Waals surface area contributed by atoms with Crippen molar-refractivity contribution in [2.24, 2.45) is 11.8 Å². The van der Waals surface area contributed by atoms with E-state index >= 15 is 0 Å². The highest BCUT2D eigenvalue weighted by molar-refractivity contribution is 5.45. The van der Waals surface area contributed by atoms with Crippen molar-refractivity contribution in [3.8, 4) is 23.0 Å². The fourth-order valence-corrected chi connectivity index (χ4v) is 3.62. The fraction of sp³-hybridized carbons (Fsp3) is 0.429. The number of phenolic OH excluding ortho intramolecular Hbond substituents is 1. The maximum Gasteiger partial charge on any atom is 0.161 e. The molecule has 0 aliphatic carbocycles. The predicted octanol–water partition coefficient (Wildman–Crippen LogP) is 4.50. The van der Waals surface area contributed by atoms with Crippen LogP contribution in [0.2, 0.25) is 0 Å². The van der Waals surface area contributed by atoms with E-state index in [1.807, 2.05) is 30.3 Å². The average Bonchev–Trinajstić information content (AvgIpc) is 2.96. The molecule has 1 fully saturated rings. The van der Waals surface area contributed by atoms with Gasteiger partial charge in [-0.15, -0.1) is 0 Å². The Morgan fingerprint density at radius 2 is 1.23 bits per heavy atom. The van der Waals surface area contributed by atoms with Gasteiger partial charge < -0.3 is 24.1 Å². The summed E-state index contributed by atoms with van der Waals surface area (Å²) < 4.78 is 22.4. The second-order valence-corrected chi connectivity index (χ2v) is 6.74. The highest BCUT2D eigenvalue weighted by Gasteiger charge is 2.41. The molecular formula is C21H26O5. The van der Waals surface area contributed by atoms with Gasteiger partial charge in [-0.1, -0.05) is 26.0 Å². The zero-order chi connectivity index (χ0) is 18.8. The second kappa shape index (κ2) is 7.46. The molecule has 0 spiro atoms. The van der Waals surface area contributed by atoms with Crippen LogP contribution in [0.1, 0.15) is 37.2 Å². The summed E-state index contributed by atoms with van der Waals surface area (Å²) in [6.45, 7) is 4.39. The van der Waals surface area contributed by atoms with Crippen LogP contribution in [0.25, 0.3) is 0 Å². The molecule has 26 heavy (non-hydrogen) atoms. The molecule has 2 aromatic rings. The van der Waals surface area contributed by atoms with Gasteiger partial charge in [0.25, 0.3) is 0 Å². The molecule has 4 atom stereocenters. The summed E-state index contributed by atoms with van der Waals surface area (Å²) in [5, 5.41) is 9.84. The van der Waals surface area contributed by atoms with E-state index in [0.717, 1.165) is 11.1 Å². The summed E-state index contributed by atoms with van der Waals surface area (Å²) in [4.78, 5) is 0. The average molecular weight is 358 g/mol. The summed E-state index contributed by atoms with van der Waals surface area (Å²) in [5.74, 6) is 2.62. The normalized spacial score (nSPS) is 25.1. The van der Waals surface area contributed by atoms with Gasteiger partial charge in [0.1, 0.15) is 0 Å². The quantitative estimate of drug-likeness (QED) is 0.853. The van der Waals surface area contributed by atoms with Gasteiger partial charge in [0.15, 0.2) is 23.0 Å². The first-order chi connectivity index (χ1) is 12.5. The number of phenols is 1. The van der Waals surface area contributed by atoms with Gasteiger partial charge in [0, 0.05) is 0 Å². The van der Waals surface area contributed by atoms with Gasteiger partial charge in [-0.3, -0.25) is 0 Å². The molecule has 0 unspecified atom stereocenters. The number of aromatic hydroxyl groups is 1. The molecule has 0 bridgehead atoms. The first-order valence-electron chi connectivity index (χ1n) is 8.74. The van der Waals surface area contributed by atoms with Crippen LogP contribution < -0.4 is 14.2 Å². The minimum absolute atomic E-state index is 0.0467. The lowest BCUT2D eigenvalue weighted by Crippen LogP contribution is -2.10. The molecule has 1 heterocycles. The van der Waals surface area contributed by atoms with Gasteiger partial charge >= 0.3 is 0 Å². The third-order valence-electron chi connectivity index (χ3n) is 5.35. The van der Waals surface area contributed by atoms with Crippen LogP contribution in [0.4, 0.5) is 0 Å². The number of benzene rings is 2. The number of hydrogen-bond donors (Lipinski definition) is 1.